The summed E-state index contributed by atoms with van der Waals surface area (Å²) < 4.78 is 75.8. The summed E-state index contributed by atoms with van der Waals surface area (Å²) in [5, 5.41) is 15.7. The molecule has 0 spiro atoms. The second-order valence-electron chi connectivity index (χ2n) is 4.81. The molecular formula is C13H13F5O4S. The topological polar surface area (TPSA) is 74.6 Å². The van der Waals surface area contributed by atoms with Gasteiger partial charge in [0, 0.05) is 4.90 Å². The second kappa shape index (κ2) is 6.91. The number of benzene rings is 1. The molecule has 23 heavy (non-hydrogen) atoms. The molecule has 0 heterocycles. The largest absolute Gasteiger partial charge is 0.481 e. The number of hydrogen-bond donors (Lipinski definition) is 2. The fraction of sp³-hybridized carbons (Fsp3) is 0.462. The summed E-state index contributed by atoms with van der Waals surface area (Å²) in [6.45, 7) is 1.66. The van der Waals surface area contributed by atoms with Crippen LogP contribution in [0.25, 0.3) is 0 Å². The summed E-state index contributed by atoms with van der Waals surface area (Å²) in [4.78, 5) is 10.6. The Morgan fingerprint density at radius 1 is 1.17 bits per heavy atom. The molecule has 10 heteroatoms. The normalized spacial score (nSPS) is 16.7. The number of aliphatic hydroxyl groups is 1. The number of hydrogen-bond acceptors (Lipinski definition) is 3. The van der Waals surface area contributed by atoms with Crippen molar-refractivity contribution in [3.63, 3.8) is 0 Å². The third-order valence-corrected chi connectivity index (χ3v) is 4.72. The minimum absolute atomic E-state index is 0.154. The van der Waals surface area contributed by atoms with Crippen LogP contribution in [0.5, 0.6) is 0 Å². The summed E-state index contributed by atoms with van der Waals surface area (Å²) in [5.41, 5.74) is 0.710. The zero-order valence-electron chi connectivity index (χ0n) is 11.7. The molecule has 0 aliphatic rings. The molecule has 4 nitrogen and oxygen atoms in total. The second-order valence-corrected chi connectivity index (χ2v) is 6.48. The van der Waals surface area contributed by atoms with Gasteiger partial charge in [-0.25, -0.2) is 0 Å². The Labute approximate surface area is 130 Å². The fourth-order valence-corrected chi connectivity index (χ4v) is 3.18. The van der Waals surface area contributed by atoms with Crippen LogP contribution < -0.4 is 0 Å². The lowest BCUT2D eigenvalue weighted by atomic mass is 10.1. The number of alkyl halides is 5. The summed E-state index contributed by atoms with van der Waals surface area (Å²) in [6.07, 6.45) is -10.9. The monoisotopic (exact) mass is 360 g/mol. The number of rotatable bonds is 6. The van der Waals surface area contributed by atoms with Crippen molar-refractivity contribution >= 4 is 16.8 Å². The van der Waals surface area contributed by atoms with Crippen molar-refractivity contribution in [3.8, 4) is 0 Å². The molecule has 1 aromatic rings. The maximum Gasteiger partial charge on any atom is 0.456 e. The number of aliphatic carboxylic acids is 1. The zero-order valence-corrected chi connectivity index (χ0v) is 12.5. The molecule has 0 bridgehead atoms. The van der Waals surface area contributed by atoms with Crippen LogP contribution in [0.3, 0.4) is 0 Å². The van der Waals surface area contributed by atoms with Crippen molar-refractivity contribution in [3.05, 3.63) is 29.8 Å². The van der Waals surface area contributed by atoms with E-state index in [0.29, 0.717) is 5.56 Å². The van der Waals surface area contributed by atoms with Crippen LogP contribution in [0.1, 0.15) is 12.0 Å². The van der Waals surface area contributed by atoms with Gasteiger partial charge in [0.2, 0.25) is 0 Å². The Hall–Kier alpha value is -1.55. The van der Waals surface area contributed by atoms with Crippen molar-refractivity contribution in [1.82, 2.24) is 0 Å². The molecule has 0 radical (unpaired) electrons. The highest BCUT2D eigenvalue weighted by Gasteiger charge is 2.64. The van der Waals surface area contributed by atoms with Crippen LogP contribution in [-0.4, -0.2) is 43.8 Å². The van der Waals surface area contributed by atoms with E-state index in [0.717, 1.165) is 0 Å². The highest BCUT2D eigenvalue weighted by Crippen LogP contribution is 2.41. The zero-order chi connectivity index (χ0) is 18.0. The van der Waals surface area contributed by atoms with E-state index >= 15 is 0 Å². The van der Waals surface area contributed by atoms with Crippen LogP contribution in [0.4, 0.5) is 22.0 Å². The van der Waals surface area contributed by atoms with Gasteiger partial charge >= 0.3 is 18.1 Å². The average Bonchev–Trinajstić information content (AvgIpc) is 2.42. The Morgan fingerprint density at radius 3 is 2.04 bits per heavy atom. The van der Waals surface area contributed by atoms with E-state index in [4.69, 9.17) is 5.11 Å². The molecule has 0 amide bonds. The van der Waals surface area contributed by atoms with Crippen LogP contribution in [-0.2, 0) is 15.6 Å². The molecule has 0 fully saturated rings. The Bertz CT molecular complexity index is 585. The molecule has 0 aromatic heterocycles. The van der Waals surface area contributed by atoms with E-state index in [-0.39, 0.29) is 4.90 Å². The molecule has 0 saturated heterocycles. The molecular weight excluding hydrogens is 347 g/mol. The summed E-state index contributed by atoms with van der Waals surface area (Å²) in [6, 6.07) is 5.27. The van der Waals surface area contributed by atoms with Gasteiger partial charge in [-0.2, -0.15) is 22.0 Å². The molecule has 1 aromatic carbocycles. The minimum atomic E-state index is -6.10. The molecule has 0 aliphatic carbocycles. The highest BCUT2D eigenvalue weighted by atomic mass is 32.2. The van der Waals surface area contributed by atoms with Crippen LogP contribution in [0, 0.1) is 6.92 Å². The van der Waals surface area contributed by atoms with Gasteiger partial charge < -0.3 is 10.2 Å². The fourth-order valence-electron chi connectivity index (χ4n) is 1.72. The van der Waals surface area contributed by atoms with E-state index in [1.807, 2.05) is 0 Å². The minimum Gasteiger partial charge on any atom is -0.481 e. The first-order valence-corrected chi connectivity index (χ1v) is 7.41. The molecule has 0 aliphatic heterocycles. The molecule has 1 unspecified atom stereocenters. The van der Waals surface area contributed by atoms with Gasteiger partial charge in [-0.05, 0) is 19.1 Å². The molecule has 3 atom stereocenters. The van der Waals surface area contributed by atoms with Gasteiger partial charge in [0.1, 0.15) is 6.10 Å². The molecule has 2 N–H and O–H groups in total. The predicted molar refractivity (Wildman–Crippen MR) is 70.6 cm³/mol. The highest BCUT2D eigenvalue weighted by molar-refractivity contribution is 7.85. The maximum atomic E-state index is 13.3. The van der Waals surface area contributed by atoms with Gasteiger partial charge in [-0.1, -0.05) is 17.7 Å². The van der Waals surface area contributed by atoms with Crippen molar-refractivity contribution < 1.29 is 41.2 Å². The summed E-state index contributed by atoms with van der Waals surface area (Å²) >= 11 is 0. The van der Waals surface area contributed by atoms with Gasteiger partial charge in [0.25, 0.3) is 0 Å². The third kappa shape index (κ3) is 4.47. The maximum absolute atomic E-state index is 13.3. The van der Waals surface area contributed by atoms with E-state index in [9.17, 15) is 36.1 Å². The van der Waals surface area contributed by atoms with Crippen molar-refractivity contribution in [2.45, 2.75) is 41.7 Å². The van der Waals surface area contributed by atoms with E-state index < -0.39 is 46.6 Å². The molecule has 0 saturated carbocycles. The number of halogens is 5. The van der Waals surface area contributed by atoms with E-state index in [1.165, 1.54) is 24.3 Å². The number of carbonyl (C=O) groups is 1. The number of aryl methyl sites for hydroxylation is 1. The lowest BCUT2D eigenvalue weighted by Crippen LogP contribution is -2.53. The molecule has 1 rings (SSSR count). The number of carboxylic acid groups (broad SMARTS) is 1. The van der Waals surface area contributed by atoms with E-state index in [1.54, 1.807) is 6.92 Å². The standard InChI is InChI=1S/C13H13F5O4S/c1-7-2-4-8(5-3-7)23(22)9(6-10(19)20)11(21)12(14,15)13(16,17)18/h2-5,9,11,21H,6H2,1H3,(H,19,20)/t9-,11+,23?/m0/s1. The van der Waals surface area contributed by atoms with E-state index in [2.05, 4.69) is 0 Å². The Morgan fingerprint density at radius 2 is 1.65 bits per heavy atom. The smallest absolute Gasteiger partial charge is 0.456 e. The Kier molecular flexibility index (Phi) is 5.86. The lowest BCUT2D eigenvalue weighted by Gasteiger charge is -2.29. The van der Waals surface area contributed by atoms with Crippen molar-refractivity contribution in [2.75, 3.05) is 0 Å². The third-order valence-electron chi connectivity index (χ3n) is 3.01. The lowest BCUT2D eigenvalue weighted by molar-refractivity contribution is -0.312. The van der Waals surface area contributed by atoms with Crippen molar-refractivity contribution in [2.24, 2.45) is 0 Å². The van der Waals surface area contributed by atoms with Gasteiger partial charge in [-0.3, -0.25) is 9.00 Å². The first-order valence-electron chi connectivity index (χ1n) is 6.19. The average molecular weight is 360 g/mol. The van der Waals surface area contributed by atoms with Crippen LogP contribution >= 0.6 is 0 Å². The van der Waals surface area contributed by atoms with Crippen LogP contribution in [0.15, 0.2) is 29.2 Å². The molecule has 130 valence electrons. The number of carboxylic acids is 1. The predicted octanol–water partition coefficient (Wildman–Crippen LogP) is 2.50. The van der Waals surface area contributed by atoms with Crippen molar-refractivity contribution in [1.29, 1.82) is 0 Å². The first kappa shape index (κ1) is 19.5. The summed E-state index contributed by atoms with van der Waals surface area (Å²) in [5.74, 6) is -7.35. The van der Waals surface area contributed by atoms with Gasteiger partial charge in [0.15, 0.2) is 0 Å². The first-order chi connectivity index (χ1) is 10.4. The van der Waals surface area contributed by atoms with Crippen LogP contribution in [0.2, 0.25) is 0 Å². The SMILES string of the molecule is Cc1ccc(S(=O)[C@@H](CC(=O)O)[C@@H](O)C(F)(F)C(F)(F)F)cc1. The quantitative estimate of drug-likeness (QED) is 0.765. The summed E-state index contributed by atoms with van der Waals surface area (Å²) in [7, 11) is -2.57. The number of aliphatic hydroxyl groups excluding tert-OH is 1. The van der Waals surface area contributed by atoms with Gasteiger partial charge in [0.05, 0.1) is 22.5 Å². The van der Waals surface area contributed by atoms with Gasteiger partial charge in [-0.15, -0.1) is 0 Å². The Balaban J connectivity index is 3.21.